The van der Waals surface area contributed by atoms with E-state index in [-0.39, 0.29) is 0 Å². The van der Waals surface area contributed by atoms with E-state index in [4.69, 9.17) is 16.3 Å². The minimum atomic E-state index is 0.537. The summed E-state index contributed by atoms with van der Waals surface area (Å²) in [6, 6.07) is 7.39. The summed E-state index contributed by atoms with van der Waals surface area (Å²) in [6.07, 6.45) is 0. The molecule has 18 heavy (non-hydrogen) atoms. The van der Waals surface area contributed by atoms with Gasteiger partial charge in [-0.1, -0.05) is 11.6 Å². The molecule has 0 spiro atoms. The van der Waals surface area contributed by atoms with E-state index in [9.17, 15) is 0 Å². The van der Waals surface area contributed by atoms with Gasteiger partial charge in [0.1, 0.15) is 0 Å². The largest absolute Gasteiger partial charge is 0.383 e. The van der Waals surface area contributed by atoms with Crippen LogP contribution >= 0.6 is 27.5 Å². The van der Waals surface area contributed by atoms with Crippen LogP contribution in [-0.2, 0) is 11.3 Å². The summed E-state index contributed by atoms with van der Waals surface area (Å²) in [4.78, 5) is 4.25. The molecule has 5 nitrogen and oxygen atoms in total. The summed E-state index contributed by atoms with van der Waals surface area (Å²) >= 11 is 9.09. The molecule has 1 N–H and O–H groups in total. The van der Waals surface area contributed by atoms with E-state index in [1.807, 2.05) is 24.3 Å². The van der Waals surface area contributed by atoms with Crippen LogP contribution in [0, 0.1) is 0 Å². The van der Waals surface area contributed by atoms with Crippen molar-refractivity contribution in [3.05, 3.63) is 34.0 Å². The molecule has 2 rings (SSSR count). The molecule has 0 fully saturated rings. The molecule has 0 unspecified atom stereocenters. The first-order valence-corrected chi connectivity index (χ1v) is 6.48. The molecule has 0 aliphatic heterocycles. The Labute approximate surface area is 118 Å². The van der Waals surface area contributed by atoms with Gasteiger partial charge in [0.25, 0.3) is 0 Å². The maximum Gasteiger partial charge on any atom is 0.226 e. The third kappa shape index (κ3) is 3.44. The summed E-state index contributed by atoms with van der Waals surface area (Å²) in [7, 11) is 1.65. The van der Waals surface area contributed by atoms with Crippen LogP contribution in [0.3, 0.4) is 0 Å². The Kier molecular flexibility index (Phi) is 4.57. The predicted molar refractivity (Wildman–Crippen MR) is 74.3 cm³/mol. The van der Waals surface area contributed by atoms with Crippen LogP contribution < -0.4 is 5.32 Å². The van der Waals surface area contributed by atoms with Gasteiger partial charge < -0.3 is 10.1 Å². The van der Waals surface area contributed by atoms with E-state index in [0.29, 0.717) is 28.9 Å². The quantitative estimate of drug-likeness (QED) is 0.915. The summed E-state index contributed by atoms with van der Waals surface area (Å²) in [6.45, 7) is 1.20. The summed E-state index contributed by atoms with van der Waals surface area (Å²) in [5, 5.41) is 8.09. The highest BCUT2D eigenvalue weighted by Gasteiger charge is 2.08. The molecule has 0 aliphatic carbocycles. The second kappa shape index (κ2) is 6.17. The highest BCUT2D eigenvalue weighted by atomic mass is 79.9. The van der Waals surface area contributed by atoms with Gasteiger partial charge >= 0.3 is 0 Å². The Balaban J connectivity index is 2.14. The van der Waals surface area contributed by atoms with Gasteiger partial charge in [0.15, 0.2) is 0 Å². The molecule has 0 radical (unpaired) electrons. The number of halogens is 2. The minimum Gasteiger partial charge on any atom is -0.383 e. The molecule has 1 aromatic carbocycles. The van der Waals surface area contributed by atoms with E-state index in [1.54, 1.807) is 11.8 Å². The lowest BCUT2D eigenvalue weighted by atomic mass is 10.3. The van der Waals surface area contributed by atoms with Crippen molar-refractivity contribution >= 4 is 39.2 Å². The van der Waals surface area contributed by atoms with Crippen molar-refractivity contribution in [2.24, 2.45) is 0 Å². The number of methoxy groups -OCH3 is 1. The molecule has 0 bridgehead atoms. The molecule has 0 atom stereocenters. The maximum absolute atomic E-state index is 5.83. The average Bonchev–Trinajstić information content (AvgIpc) is 2.70. The number of rotatable bonds is 5. The van der Waals surface area contributed by atoms with E-state index in [1.165, 1.54) is 0 Å². The van der Waals surface area contributed by atoms with Crippen LogP contribution in [0.15, 0.2) is 29.0 Å². The maximum atomic E-state index is 5.83. The summed E-state index contributed by atoms with van der Waals surface area (Å²) < 4.78 is 7.30. The molecule has 0 aliphatic rings. The van der Waals surface area contributed by atoms with Crippen LogP contribution in [0.25, 0.3) is 0 Å². The van der Waals surface area contributed by atoms with Crippen molar-refractivity contribution in [2.75, 3.05) is 19.0 Å². The first-order chi connectivity index (χ1) is 8.69. The van der Waals surface area contributed by atoms with Crippen LogP contribution in [0.2, 0.25) is 5.02 Å². The first-order valence-electron chi connectivity index (χ1n) is 5.31. The summed E-state index contributed by atoms with van der Waals surface area (Å²) in [5.41, 5.74) is 0.901. The number of hydrogen-bond donors (Lipinski definition) is 1. The fourth-order valence-electron chi connectivity index (χ4n) is 1.40. The molecular weight excluding hydrogens is 320 g/mol. The average molecular weight is 332 g/mol. The lowest BCUT2D eigenvalue weighted by Crippen LogP contribution is -2.09. The van der Waals surface area contributed by atoms with Gasteiger partial charge in [-0.3, -0.25) is 0 Å². The van der Waals surface area contributed by atoms with Crippen molar-refractivity contribution in [1.82, 2.24) is 14.8 Å². The lowest BCUT2D eigenvalue weighted by Gasteiger charge is -2.07. The van der Waals surface area contributed by atoms with Crippen molar-refractivity contribution in [2.45, 2.75) is 6.54 Å². The normalized spacial score (nSPS) is 10.6. The second-order valence-corrected chi connectivity index (χ2v) is 4.70. The number of benzene rings is 1. The fourth-order valence-corrected chi connectivity index (χ4v) is 1.89. The third-order valence-electron chi connectivity index (χ3n) is 2.25. The smallest absolute Gasteiger partial charge is 0.226 e. The lowest BCUT2D eigenvalue weighted by molar-refractivity contribution is 0.184. The van der Waals surface area contributed by atoms with E-state index < -0.39 is 0 Å². The molecule has 2 aromatic rings. The van der Waals surface area contributed by atoms with E-state index in [2.05, 4.69) is 31.3 Å². The SMILES string of the molecule is COCCn1nc(Br)nc1Nc1ccc(Cl)cc1. The Morgan fingerprint density at radius 2 is 2.11 bits per heavy atom. The van der Waals surface area contributed by atoms with E-state index in [0.717, 1.165) is 5.69 Å². The van der Waals surface area contributed by atoms with Crippen molar-refractivity contribution in [3.63, 3.8) is 0 Å². The van der Waals surface area contributed by atoms with Crippen LogP contribution in [0.4, 0.5) is 11.6 Å². The summed E-state index contributed by atoms with van der Waals surface area (Å²) in [5.74, 6) is 0.654. The molecule has 0 saturated carbocycles. The van der Waals surface area contributed by atoms with Crippen molar-refractivity contribution in [3.8, 4) is 0 Å². The van der Waals surface area contributed by atoms with Gasteiger partial charge in [-0.25, -0.2) is 4.68 Å². The van der Waals surface area contributed by atoms with Gasteiger partial charge in [0.05, 0.1) is 13.2 Å². The molecular formula is C11H12BrClN4O. The predicted octanol–water partition coefficient (Wildman–Crippen LogP) is 3.08. The second-order valence-electron chi connectivity index (χ2n) is 3.55. The minimum absolute atomic E-state index is 0.537. The van der Waals surface area contributed by atoms with E-state index >= 15 is 0 Å². The Hall–Kier alpha value is -1.11. The van der Waals surface area contributed by atoms with Gasteiger partial charge in [-0.05, 0) is 40.2 Å². The first kappa shape index (κ1) is 13.3. The number of hydrogen-bond acceptors (Lipinski definition) is 4. The zero-order chi connectivity index (χ0) is 13.0. The number of nitrogens with zero attached hydrogens (tertiary/aromatic N) is 3. The van der Waals surface area contributed by atoms with Gasteiger partial charge in [-0.15, -0.1) is 5.10 Å². The number of ether oxygens (including phenoxy) is 1. The zero-order valence-electron chi connectivity index (χ0n) is 9.73. The number of anilines is 2. The van der Waals surface area contributed by atoms with Gasteiger partial charge in [0.2, 0.25) is 10.7 Å². The fraction of sp³-hybridized carbons (Fsp3) is 0.273. The molecule has 96 valence electrons. The number of nitrogens with one attached hydrogen (secondary N) is 1. The van der Waals surface area contributed by atoms with Crippen molar-refractivity contribution in [1.29, 1.82) is 0 Å². The Morgan fingerprint density at radius 3 is 2.78 bits per heavy atom. The van der Waals surface area contributed by atoms with Crippen molar-refractivity contribution < 1.29 is 4.74 Å². The molecule has 1 aromatic heterocycles. The topological polar surface area (TPSA) is 52.0 Å². The molecule has 1 heterocycles. The highest BCUT2D eigenvalue weighted by Crippen LogP contribution is 2.19. The molecule has 7 heteroatoms. The standard InChI is InChI=1S/C11H12BrClN4O/c1-18-7-6-17-11(15-10(12)16-17)14-9-4-2-8(13)3-5-9/h2-5H,6-7H2,1H3,(H,14,15,16). The molecule has 0 amide bonds. The van der Waals surface area contributed by atoms with Gasteiger partial charge in [-0.2, -0.15) is 4.98 Å². The Morgan fingerprint density at radius 1 is 1.39 bits per heavy atom. The number of aromatic nitrogens is 3. The Bertz CT molecular complexity index is 514. The van der Waals surface area contributed by atoms with Crippen LogP contribution in [-0.4, -0.2) is 28.5 Å². The highest BCUT2D eigenvalue weighted by molar-refractivity contribution is 9.10. The monoisotopic (exact) mass is 330 g/mol. The van der Waals surface area contributed by atoms with Crippen LogP contribution in [0.5, 0.6) is 0 Å². The zero-order valence-corrected chi connectivity index (χ0v) is 12.1. The third-order valence-corrected chi connectivity index (χ3v) is 2.84. The molecule has 0 saturated heterocycles. The van der Waals surface area contributed by atoms with Crippen LogP contribution in [0.1, 0.15) is 0 Å². The van der Waals surface area contributed by atoms with Gasteiger partial charge in [0, 0.05) is 17.8 Å².